The van der Waals surface area contributed by atoms with Crippen molar-refractivity contribution in [3.05, 3.63) is 53.6 Å². The first kappa shape index (κ1) is 24.4. The summed E-state index contributed by atoms with van der Waals surface area (Å²) in [6.45, 7) is 6.01. The Bertz CT molecular complexity index is 940. The molecule has 2 aromatic rings. The van der Waals surface area contributed by atoms with Crippen LogP contribution < -0.4 is 25.1 Å². The van der Waals surface area contributed by atoms with E-state index in [1.165, 1.54) is 7.11 Å². The zero-order valence-electron chi connectivity index (χ0n) is 19.4. The summed E-state index contributed by atoms with van der Waals surface area (Å²) in [6.07, 6.45) is 3.02. The van der Waals surface area contributed by atoms with E-state index in [0.29, 0.717) is 47.5 Å². The van der Waals surface area contributed by atoms with Crippen LogP contribution in [0.15, 0.2) is 42.5 Å². The standard InChI is InChI=1S/C25H32N2O6/c1-17(2)11-13-32-22-10-9-19(15-23(22)30-3)25(29)27-26-24(28)18-6-4-7-20(14-18)33-16-21-8-5-12-31-21/h4,6-7,9-10,14-15,17,21H,5,8,11-13,16H2,1-3H3,(H,26,28)(H,27,29). The molecule has 33 heavy (non-hydrogen) atoms. The fourth-order valence-electron chi connectivity index (χ4n) is 3.28. The molecule has 1 aliphatic rings. The molecule has 8 heteroatoms. The quantitative estimate of drug-likeness (QED) is 0.529. The molecule has 0 aromatic heterocycles. The van der Waals surface area contributed by atoms with Gasteiger partial charge in [0, 0.05) is 17.7 Å². The van der Waals surface area contributed by atoms with Crippen LogP contribution in [0.3, 0.4) is 0 Å². The molecular formula is C25H32N2O6. The highest BCUT2D eigenvalue weighted by Crippen LogP contribution is 2.28. The van der Waals surface area contributed by atoms with E-state index < -0.39 is 11.8 Å². The van der Waals surface area contributed by atoms with Crippen molar-refractivity contribution >= 4 is 11.8 Å². The number of carbonyl (C=O) groups excluding carboxylic acids is 2. The molecule has 0 bridgehead atoms. The second kappa shape index (κ2) is 12.1. The number of nitrogens with one attached hydrogen (secondary N) is 2. The van der Waals surface area contributed by atoms with Crippen molar-refractivity contribution in [2.75, 3.05) is 26.9 Å². The zero-order chi connectivity index (χ0) is 23.6. The van der Waals surface area contributed by atoms with Gasteiger partial charge in [-0.3, -0.25) is 20.4 Å². The van der Waals surface area contributed by atoms with Gasteiger partial charge in [0.15, 0.2) is 11.5 Å². The van der Waals surface area contributed by atoms with E-state index in [2.05, 4.69) is 24.7 Å². The molecular weight excluding hydrogens is 424 g/mol. The zero-order valence-corrected chi connectivity index (χ0v) is 19.4. The minimum absolute atomic E-state index is 0.0887. The van der Waals surface area contributed by atoms with E-state index in [4.69, 9.17) is 18.9 Å². The first-order valence-corrected chi connectivity index (χ1v) is 11.2. The number of benzene rings is 2. The highest BCUT2D eigenvalue weighted by molar-refractivity contribution is 5.99. The third kappa shape index (κ3) is 7.39. The molecule has 1 atom stereocenters. The lowest BCUT2D eigenvalue weighted by atomic mass is 10.1. The minimum atomic E-state index is -0.471. The molecule has 2 aromatic carbocycles. The Morgan fingerprint density at radius 2 is 1.79 bits per heavy atom. The Labute approximate surface area is 194 Å². The topological polar surface area (TPSA) is 95.1 Å². The maximum absolute atomic E-state index is 12.5. The van der Waals surface area contributed by atoms with Crippen LogP contribution in [0, 0.1) is 5.92 Å². The Hall–Kier alpha value is -3.26. The molecule has 1 heterocycles. The fraction of sp³-hybridized carbons (Fsp3) is 0.440. The number of methoxy groups -OCH3 is 1. The van der Waals surface area contributed by atoms with Crippen LogP contribution in [0.1, 0.15) is 53.8 Å². The first-order valence-electron chi connectivity index (χ1n) is 11.2. The Morgan fingerprint density at radius 1 is 1.03 bits per heavy atom. The summed E-state index contributed by atoms with van der Waals surface area (Å²) in [4.78, 5) is 25.0. The number of hydrogen-bond acceptors (Lipinski definition) is 6. The monoisotopic (exact) mass is 456 g/mol. The van der Waals surface area contributed by atoms with Gasteiger partial charge in [0.25, 0.3) is 11.8 Å². The molecule has 2 amide bonds. The summed E-state index contributed by atoms with van der Waals surface area (Å²) >= 11 is 0. The second-order valence-corrected chi connectivity index (χ2v) is 8.28. The lowest BCUT2D eigenvalue weighted by molar-refractivity contribution is 0.0679. The van der Waals surface area contributed by atoms with Gasteiger partial charge in [-0.25, -0.2) is 0 Å². The number of ether oxygens (including phenoxy) is 4. The summed E-state index contributed by atoms with van der Waals surface area (Å²) in [7, 11) is 1.52. The van der Waals surface area contributed by atoms with Gasteiger partial charge in [0.1, 0.15) is 12.4 Å². The molecule has 0 radical (unpaired) electrons. The number of amides is 2. The molecule has 3 rings (SSSR count). The van der Waals surface area contributed by atoms with E-state index in [-0.39, 0.29) is 6.10 Å². The van der Waals surface area contributed by atoms with E-state index in [9.17, 15) is 9.59 Å². The van der Waals surface area contributed by atoms with Gasteiger partial charge in [-0.05, 0) is 61.6 Å². The summed E-state index contributed by atoms with van der Waals surface area (Å²) in [5.41, 5.74) is 5.55. The van der Waals surface area contributed by atoms with Gasteiger partial charge in [-0.2, -0.15) is 0 Å². The Kier molecular flexibility index (Phi) is 8.95. The van der Waals surface area contributed by atoms with Crippen molar-refractivity contribution in [3.8, 4) is 17.2 Å². The molecule has 0 spiro atoms. The molecule has 0 saturated carbocycles. The predicted octanol–water partition coefficient (Wildman–Crippen LogP) is 3.75. The second-order valence-electron chi connectivity index (χ2n) is 8.28. The normalized spacial score (nSPS) is 15.2. The average molecular weight is 457 g/mol. The molecule has 8 nitrogen and oxygen atoms in total. The van der Waals surface area contributed by atoms with Crippen LogP contribution >= 0.6 is 0 Å². The summed E-state index contributed by atoms with van der Waals surface area (Å²) in [6, 6.07) is 11.7. The molecule has 1 saturated heterocycles. The highest BCUT2D eigenvalue weighted by atomic mass is 16.5. The van der Waals surface area contributed by atoms with Crippen LogP contribution in [0.5, 0.6) is 17.2 Å². The van der Waals surface area contributed by atoms with Crippen molar-refractivity contribution in [1.82, 2.24) is 10.9 Å². The Balaban J connectivity index is 1.53. The molecule has 1 fully saturated rings. The number of rotatable bonds is 10. The van der Waals surface area contributed by atoms with Gasteiger partial charge < -0.3 is 18.9 Å². The smallest absolute Gasteiger partial charge is 0.269 e. The third-order valence-corrected chi connectivity index (χ3v) is 5.22. The first-order chi connectivity index (χ1) is 16.0. The van der Waals surface area contributed by atoms with Crippen molar-refractivity contribution in [1.29, 1.82) is 0 Å². The predicted molar refractivity (Wildman–Crippen MR) is 124 cm³/mol. The highest BCUT2D eigenvalue weighted by Gasteiger charge is 2.17. The number of hydrogen-bond donors (Lipinski definition) is 2. The summed E-state index contributed by atoms with van der Waals surface area (Å²) in [5, 5.41) is 0. The van der Waals surface area contributed by atoms with Crippen molar-refractivity contribution in [3.63, 3.8) is 0 Å². The average Bonchev–Trinajstić information content (AvgIpc) is 3.35. The fourth-order valence-corrected chi connectivity index (χ4v) is 3.28. The lowest BCUT2D eigenvalue weighted by Crippen LogP contribution is -2.41. The molecule has 1 unspecified atom stereocenters. The Morgan fingerprint density at radius 3 is 2.45 bits per heavy atom. The minimum Gasteiger partial charge on any atom is -0.493 e. The van der Waals surface area contributed by atoms with Crippen LogP contribution in [0.4, 0.5) is 0 Å². The lowest BCUT2D eigenvalue weighted by Gasteiger charge is -2.14. The van der Waals surface area contributed by atoms with Gasteiger partial charge in [-0.1, -0.05) is 19.9 Å². The maximum atomic E-state index is 12.5. The van der Waals surface area contributed by atoms with Gasteiger partial charge in [0.05, 0.1) is 19.8 Å². The maximum Gasteiger partial charge on any atom is 0.269 e. The van der Waals surface area contributed by atoms with Crippen LogP contribution in [0.2, 0.25) is 0 Å². The van der Waals surface area contributed by atoms with Crippen molar-refractivity contribution in [2.24, 2.45) is 5.92 Å². The van der Waals surface area contributed by atoms with E-state index in [1.807, 2.05) is 0 Å². The number of carbonyl (C=O) groups is 2. The van der Waals surface area contributed by atoms with E-state index in [1.54, 1.807) is 42.5 Å². The molecule has 2 N–H and O–H groups in total. The van der Waals surface area contributed by atoms with Gasteiger partial charge in [-0.15, -0.1) is 0 Å². The van der Waals surface area contributed by atoms with E-state index in [0.717, 1.165) is 25.9 Å². The van der Waals surface area contributed by atoms with Crippen LogP contribution in [0.25, 0.3) is 0 Å². The summed E-state index contributed by atoms with van der Waals surface area (Å²) in [5.74, 6) is 1.19. The van der Waals surface area contributed by atoms with E-state index >= 15 is 0 Å². The molecule has 178 valence electrons. The summed E-state index contributed by atoms with van der Waals surface area (Å²) < 4.78 is 22.4. The van der Waals surface area contributed by atoms with Gasteiger partial charge in [0.2, 0.25) is 0 Å². The van der Waals surface area contributed by atoms with Crippen LogP contribution in [-0.4, -0.2) is 44.8 Å². The SMILES string of the molecule is COc1cc(C(=O)NNC(=O)c2cccc(OCC3CCCO3)c2)ccc1OCCC(C)C. The number of hydrazine groups is 1. The van der Waals surface area contributed by atoms with Crippen molar-refractivity contribution in [2.45, 2.75) is 39.2 Å². The van der Waals surface area contributed by atoms with Crippen LogP contribution in [-0.2, 0) is 4.74 Å². The molecule has 1 aliphatic heterocycles. The van der Waals surface area contributed by atoms with Gasteiger partial charge >= 0.3 is 0 Å². The third-order valence-electron chi connectivity index (χ3n) is 5.22. The molecule has 0 aliphatic carbocycles. The largest absolute Gasteiger partial charge is 0.493 e. The van der Waals surface area contributed by atoms with Crippen molar-refractivity contribution < 1.29 is 28.5 Å².